The molecule has 2 heterocycles. The first kappa shape index (κ1) is 23.4. The van der Waals surface area contributed by atoms with E-state index in [2.05, 4.69) is 0 Å². The fourth-order valence-electron chi connectivity index (χ4n) is 4.52. The summed E-state index contributed by atoms with van der Waals surface area (Å²) >= 11 is 0. The number of nitrogens with zero attached hydrogens (tertiary/aromatic N) is 2. The summed E-state index contributed by atoms with van der Waals surface area (Å²) in [4.78, 5) is 24.9. The molecule has 2 aliphatic rings. The van der Waals surface area contributed by atoms with Crippen molar-refractivity contribution in [2.45, 2.75) is 50.6 Å². The topological polar surface area (TPSA) is 80.4 Å². The number of rotatable bonds is 5. The Bertz CT molecular complexity index is 1190. The second-order valence-corrected chi connectivity index (χ2v) is 8.64. The molecule has 1 unspecified atom stereocenters. The maximum atomic E-state index is 15.3. The summed E-state index contributed by atoms with van der Waals surface area (Å²) in [7, 11) is 0. The van der Waals surface area contributed by atoms with E-state index in [4.69, 9.17) is 5.73 Å². The van der Waals surface area contributed by atoms with E-state index in [0.29, 0.717) is 12.8 Å². The third kappa shape index (κ3) is 4.04. The standard InChI is InChI=1S/C21H22F6N4O2/c1-10-17-14(11(7-28)6-13(32)31(17)12-2-3-12)15(22)16(23)18(10)30-5-4-20(24,9-30)8-29-19(33)21(25,26)27/h6,12H,2-5,7-9,28H2,1H3,(H,29,33). The number of nitrogens with two attached hydrogens (primary N) is 1. The highest BCUT2D eigenvalue weighted by molar-refractivity contribution is 5.91. The van der Waals surface area contributed by atoms with Crippen LogP contribution in [0.15, 0.2) is 10.9 Å². The van der Waals surface area contributed by atoms with Crippen molar-refractivity contribution < 1.29 is 31.1 Å². The van der Waals surface area contributed by atoms with Crippen LogP contribution in [0.1, 0.15) is 36.4 Å². The Balaban J connectivity index is 1.76. The number of benzene rings is 1. The number of nitrogens with one attached hydrogen (secondary N) is 1. The molecule has 1 aromatic heterocycles. The molecule has 0 bridgehead atoms. The second-order valence-electron chi connectivity index (χ2n) is 8.64. The first-order chi connectivity index (χ1) is 15.4. The summed E-state index contributed by atoms with van der Waals surface area (Å²) in [5.74, 6) is -4.75. The van der Waals surface area contributed by atoms with Gasteiger partial charge in [-0.05, 0) is 25.3 Å². The van der Waals surface area contributed by atoms with Gasteiger partial charge in [-0.2, -0.15) is 13.2 Å². The number of fused-ring (bicyclic) bond motifs is 1. The van der Waals surface area contributed by atoms with Crippen molar-refractivity contribution in [2.75, 3.05) is 24.5 Å². The molecule has 0 spiro atoms. The van der Waals surface area contributed by atoms with E-state index in [0.717, 1.165) is 0 Å². The van der Waals surface area contributed by atoms with Crippen molar-refractivity contribution in [1.29, 1.82) is 0 Å². The number of hydrogen-bond donors (Lipinski definition) is 2. The number of aryl methyl sites for hydroxylation is 1. The summed E-state index contributed by atoms with van der Waals surface area (Å²) in [5, 5.41) is 1.40. The predicted molar refractivity (Wildman–Crippen MR) is 109 cm³/mol. The molecule has 12 heteroatoms. The van der Waals surface area contributed by atoms with Crippen LogP contribution in [0.3, 0.4) is 0 Å². The molecule has 1 saturated carbocycles. The molecule has 0 radical (unpaired) electrons. The van der Waals surface area contributed by atoms with Crippen LogP contribution in [0.4, 0.5) is 32.0 Å². The third-order valence-corrected chi connectivity index (χ3v) is 6.24. The molecule has 1 aliphatic heterocycles. The fourth-order valence-corrected chi connectivity index (χ4v) is 4.52. The third-order valence-electron chi connectivity index (χ3n) is 6.24. The number of hydrogen-bond acceptors (Lipinski definition) is 4. The van der Waals surface area contributed by atoms with Crippen LogP contribution < -0.4 is 21.5 Å². The lowest BCUT2D eigenvalue weighted by molar-refractivity contribution is -0.174. The van der Waals surface area contributed by atoms with E-state index < -0.39 is 48.0 Å². The normalized spacial score (nSPS) is 21.2. The SMILES string of the molecule is Cc1c(N2CCC(F)(CNC(=O)C(F)(F)F)C2)c(F)c(F)c2c(CN)cc(=O)n(C3CC3)c12. The van der Waals surface area contributed by atoms with E-state index in [1.54, 1.807) is 0 Å². The minimum absolute atomic E-state index is 0.106. The fraction of sp³-hybridized carbons (Fsp3) is 0.524. The van der Waals surface area contributed by atoms with Gasteiger partial charge in [-0.3, -0.25) is 9.59 Å². The Morgan fingerprint density at radius 2 is 1.94 bits per heavy atom. The smallest absolute Gasteiger partial charge is 0.365 e. The molecule has 3 N–H and O–H groups in total. The Labute approximate surface area is 184 Å². The van der Waals surface area contributed by atoms with E-state index in [9.17, 15) is 22.8 Å². The van der Waals surface area contributed by atoms with Gasteiger partial charge in [-0.1, -0.05) is 0 Å². The molecule has 1 saturated heterocycles. The number of anilines is 1. The summed E-state index contributed by atoms with van der Waals surface area (Å²) in [5.41, 5.74) is 3.27. The van der Waals surface area contributed by atoms with E-state index in [-0.39, 0.29) is 53.3 Å². The molecule has 180 valence electrons. The molecule has 1 amide bonds. The van der Waals surface area contributed by atoms with Crippen LogP contribution in [-0.4, -0.2) is 42.0 Å². The average molecular weight is 476 g/mol. The molecule has 1 aliphatic carbocycles. The minimum atomic E-state index is -5.16. The summed E-state index contributed by atoms with van der Waals surface area (Å²) in [6, 6.07) is 1.02. The average Bonchev–Trinajstić information content (AvgIpc) is 3.51. The van der Waals surface area contributed by atoms with Gasteiger partial charge >= 0.3 is 12.1 Å². The monoisotopic (exact) mass is 476 g/mol. The van der Waals surface area contributed by atoms with Gasteiger partial charge in [0.05, 0.1) is 24.3 Å². The van der Waals surface area contributed by atoms with E-state index in [1.807, 2.05) is 0 Å². The lowest BCUT2D eigenvalue weighted by atomic mass is 10.0. The van der Waals surface area contributed by atoms with Crippen LogP contribution in [0.5, 0.6) is 0 Å². The Morgan fingerprint density at radius 1 is 1.27 bits per heavy atom. The van der Waals surface area contributed by atoms with Gasteiger partial charge in [-0.15, -0.1) is 0 Å². The quantitative estimate of drug-likeness (QED) is 0.651. The number of carbonyl (C=O) groups excluding carboxylic acids is 1. The summed E-state index contributed by atoms with van der Waals surface area (Å²) in [6.45, 7) is -0.308. The molecule has 2 aromatic rings. The van der Waals surface area contributed by atoms with Crippen LogP contribution >= 0.6 is 0 Å². The molecule has 4 rings (SSSR count). The van der Waals surface area contributed by atoms with Crippen LogP contribution in [0.25, 0.3) is 10.9 Å². The number of halogens is 6. The number of alkyl halides is 4. The van der Waals surface area contributed by atoms with Gasteiger partial charge < -0.3 is 20.5 Å². The van der Waals surface area contributed by atoms with E-state index in [1.165, 1.54) is 27.8 Å². The van der Waals surface area contributed by atoms with Crippen LogP contribution in [-0.2, 0) is 11.3 Å². The minimum Gasteiger partial charge on any atom is -0.365 e. The Morgan fingerprint density at radius 3 is 2.52 bits per heavy atom. The maximum absolute atomic E-state index is 15.3. The number of aromatic nitrogens is 1. The van der Waals surface area contributed by atoms with Gasteiger partial charge in [0.25, 0.3) is 5.56 Å². The first-order valence-corrected chi connectivity index (χ1v) is 10.4. The number of carbonyl (C=O) groups is 1. The van der Waals surface area contributed by atoms with Crippen molar-refractivity contribution in [1.82, 2.24) is 9.88 Å². The molecule has 1 aromatic carbocycles. The van der Waals surface area contributed by atoms with Gasteiger partial charge in [0.2, 0.25) is 0 Å². The van der Waals surface area contributed by atoms with Crippen LogP contribution in [0.2, 0.25) is 0 Å². The first-order valence-electron chi connectivity index (χ1n) is 10.4. The number of pyridine rings is 1. The lowest BCUT2D eigenvalue weighted by Gasteiger charge is -2.26. The molecule has 2 fully saturated rings. The second kappa shape index (κ2) is 7.93. The molecular formula is C21H22F6N4O2. The van der Waals surface area contributed by atoms with Gasteiger partial charge in [0, 0.05) is 42.6 Å². The lowest BCUT2D eigenvalue weighted by Crippen LogP contribution is -2.46. The van der Waals surface area contributed by atoms with E-state index >= 15 is 13.2 Å². The molecule has 1 atom stereocenters. The highest BCUT2D eigenvalue weighted by Crippen LogP contribution is 2.42. The van der Waals surface area contributed by atoms with Crippen molar-refractivity contribution in [3.63, 3.8) is 0 Å². The predicted octanol–water partition coefficient (Wildman–Crippen LogP) is 2.98. The van der Waals surface area contributed by atoms with Gasteiger partial charge in [-0.25, -0.2) is 13.2 Å². The highest BCUT2D eigenvalue weighted by Gasteiger charge is 2.44. The zero-order chi connectivity index (χ0) is 24.3. The molecular weight excluding hydrogens is 454 g/mol. The number of amides is 1. The summed E-state index contributed by atoms with van der Waals surface area (Å²) < 4.78 is 84.3. The van der Waals surface area contributed by atoms with Crippen molar-refractivity contribution in [3.05, 3.63) is 39.2 Å². The molecule has 33 heavy (non-hydrogen) atoms. The van der Waals surface area contributed by atoms with Crippen molar-refractivity contribution in [2.24, 2.45) is 5.73 Å². The van der Waals surface area contributed by atoms with Crippen molar-refractivity contribution >= 4 is 22.5 Å². The summed E-state index contributed by atoms with van der Waals surface area (Å²) in [6.07, 6.45) is -4.07. The van der Waals surface area contributed by atoms with Gasteiger partial charge in [0.1, 0.15) is 5.67 Å². The van der Waals surface area contributed by atoms with Crippen molar-refractivity contribution in [3.8, 4) is 0 Å². The van der Waals surface area contributed by atoms with Crippen LogP contribution in [0, 0.1) is 18.6 Å². The Hall–Kier alpha value is -2.76. The Kier molecular flexibility index (Phi) is 5.62. The zero-order valence-electron chi connectivity index (χ0n) is 17.7. The van der Waals surface area contributed by atoms with Gasteiger partial charge in [0.15, 0.2) is 11.6 Å². The largest absolute Gasteiger partial charge is 0.471 e. The molecule has 6 nitrogen and oxygen atoms in total. The highest BCUT2D eigenvalue weighted by atomic mass is 19.4. The zero-order valence-corrected chi connectivity index (χ0v) is 17.7. The maximum Gasteiger partial charge on any atom is 0.471 e.